The van der Waals surface area contributed by atoms with Crippen LogP contribution >= 0.6 is 11.3 Å². The molecule has 3 heterocycles. The van der Waals surface area contributed by atoms with Gasteiger partial charge in [-0.1, -0.05) is 48.5 Å². The summed E-state index contributed by atoms with van der Waals surface area (Å²) >= 11 is 1.33. The van der Waals surface area contributed by atoms with Crippen LogP contribution in [-0.2, 0) is 0 Å². The third kappa shape index (κ3) is 3.83. The van der Waals surface area contributed by atoms with Crippen LogP contribution < -0.4 is 4.80 Å². The van der Waals surface area contributed by atoms with Crippen LogP contribution in [0.15, 0.2) is 105 Å². The largest absolute Gasteiger partial charge is 0.454 e. The minimum Gasteiger partial charge on any atom is -0.454 e. The van der Waals surface area contributed by atoms with E-state index in [0.29, 0.717) is 16.3 Å². The van der Waals surface area contributed by atoms with Crippen molar-refractivity contribution in [1.29, 1.82) is 0 Å². The molecule has 0 radical (unpaired) electrons. The molecular weight excluding hydrogens is 462 g/mol. The lowest BCUT2D eigenvalue weighted by Crippen LogP contribution is -2.11. The molecule has 6 aromatic rings. The standard InChI is InChI=1S/C26H17N5O3S/c32-31(33)22-11-5-4-10-21(22)29-26-30(28-15-18-14-27-20-9-3-2-8-19(18)20)23(16-35-26)25-13-17-7-1-6-12-24(17)34-25/h1-16,27H. The molecule has 0 fully saturated rings. The number of nitrogens with one attached hydrogen (secondary N) is 1. The summed E-state index contributed by atoms with van der Waals surface area (Å²) in [6, 6.07) is 24.1. The molecule has 8 nitrogen and oxygen atoms in total. The van der Waals surface area contributed by atoms with Gasteiger partial charge >= 0.3 is 0 Å². The first kappa shape index (κ1) is 20.8. The average molecular weight is 480 g/mol. The van der Waals surface area contributed by atoms with Crippen molar-refractivity contribution in [3.8, 4) is 11.5 Å². The molecule has 9 heteroatoms. The van der Waals surface area contributed by atoms with Crippen LogP contribution in [0.1, 0.15) is 5.56 Å². The lowest BCUT2D eigenvalue weighted by molar-refractivity contribution is -0.384. The van der Waals surface area contributed by atoms with Gasteiger partial charge in [-0.05, 0) is 24.3 Å². The number of aromatic amines is 1. The Morgan fingerprint density at radius 3 is 2.71 bits per heavy atom. The summed E-state index contributed by atoms with van der Waals surface area (Å²) < 4.78 is 7.74. The van der Waals surface area contributed by atoms with Crippen LogP contribution in [0.2, 0.25) is 0 Å². The van der Waals surface area contributed by atoms with Gasteiger partial charge < -0.3 is 9.40 Å². The number of para-hydroxylation sites is 4. The van der Waals surface area contributed by atoms with Crippen molar-refractivity contribution >= 4 is 50.8 Å². The maximum Gasteiger partial charge on any atom is 0.294 e. The predicted molar refractivity (Wildman–Crippen MR) is 137 cm³/mol. The summed E-state index contributed by atoms with van der Waals surface area (Å²) in [5.74, 6) is 0.627. The third-order valence-corrected chi connectivity index (χ3v) is 6.41. The Bertz CT molecular complexity index is 1770. The number of furan rings is 1. The molecule has 0 bridgehead atoms. The van der Waals surface area contributed by atoms with Crippen LogP contribution in [0.3, 0.4) is 0 Å². The van der Waals surface area contributed by atoms with Crippen molar-refractivity contribution in [1.82, 2.24) is 9.66 Å². The van der Waals surface area contributed by atoms with E-state index in [4.69, 9.17) is 9.52 Å². The van der Waals surface area contributed by atoms with E-state index >= 15 is 0 Å². The molecule has 0 saturated carbocycles. The Kier molecular flexibility index (Phi) is 5.08. The summed E-state index contributed by atoms with van der Waals surface area (Å²) in [6.45, 7) is 0. The summed E-state index contributed by atoms with van der Waals surface area (Å²) in [7, 11) is 0. The van der Waals surface area contributed by atoms with E-state index < -0.39 is 4.92 Å². The average Bonchev–Trinajstić information content (AvgIpc) is 3.59. The van der Waals surface area contributed by atoms with E-state index in [9.17, 15) is 10.1 Å². The minimum atomic E-state index is -0.438. The number of benzene rings is 3. The second kappa shape index (κ2) is 8.54. The number of fused-ring (bicyclic) bond motifs is 2. The molecule has 0 aliphatic heterocycles. The zero-order valence-electron chi connectivity index (χ0n) is 18.2. The fraction of sp³-hybridized carbons (Fsp3) is 0. The van der Waals surface area contributed by atoms with Crippen molar-refractivity contribution in [3.05, 3.63) is 111 Å². The summed E-state index contributed by atoms with van der Waals surface area (Å²) in [6.07, 6.45) is 3.64. The van der Waals surface area contributed by atoms with Gasteiger partial charge in [0.2, 0.25) is 4.80 Å². The zero-order valence-corrected chi connectivity index (χ0v) is 19.0. The number of thiazole rings is 1. The van der Waals surface area contributed by atoms with Crippen molar-refractivity contribution < 1.29 is 9.34 Å². The van der Waals surface area contributed by atoms with E-state index in [1.807, 2.05) is 66.2 Å². The highest BCUT2D eigenvalue weighted by Gasteiger charge is 2.16. The molecule has 0 amide bonds. The number of nitrogens with zero attached hydrogens (tertiary/aromatic N) is 4. The Hall–Kier alpha value is -4.76. The minimum absolute atomic E-state index is 0.0710. The van der Waals surface area contributed by atoms with Crippen molar-refractivity contribution in [3.63, 3.8) is 0 Å². The van der Waals surface area contributed by atoms with Crippen LogP contribution in [0.25, 0.3) is 33.3 Å². The summed E-state index contributed by atoms with van der Waals surface area (Å²) in [4.78, 5) is 19.4. The lowest BCUT2D eigenvalue weighted by atomic mass is 10.2. The number of nitro groups is 1. The van der Waals surface area contributed by atoms with Gasteiger partial charge in [-0.2, -0.15) is 5.10 Å². The zero-order chi connectivity index (χ0) is 23.8. The number of H-pyrrole nitrogens is 1. The fourth-order valence-corrected chi connectivity index (χ4v) is 4.73. The van der Waals surface area contributed by atoms with E-state index in [1.165, 1.54) is 17.4 Å². The van der Waals surface area contributed by atoms with Crippen LogP contribution in [0, 0.1) is 10.1 Å². The van der Waals surface area contributed by atoms with Crippen molar-refractivity contribution in [2.24, 2.45) is 10.1 Å². The summed E-state index contributed by atoms with van der Waals surface area (Å²) in [5.41, 5.74) is 3.56. The van der Waals surface area contributed by atoms with Gasteiger partial charge in [0.1, 0.15) is 17.0 Å². The monoisotopic (exact) mass is 479 g/mol. The molecule has 3 aromatic heterocycles. The molecule has 35 heavy (non-hydrogen) atoms. The van der Waals surface area contributed by atoms with Crippen molar-refractivity contribution in [2.75, 3.05) is 0 Å². The Balaban J connectivity index is 1.54. The van der Waals surface area contributed by atoms with Gasteiger partial charge in [0.05, 0.1) is 11.1 Å². The molecule has 0 spiro atoms. The molecule has 170 valence electrons. The highest BCUT2D eigenvalue weighted by molar-refractivity contribution is 7.07. The predicted octanol–water partition coefficient (Wildman–Crippen LogP) is 6.47. The fourth-order valence-electron chi connectivity index (χ4n) is 3.90. The third-order valence-electron chi connectivity index (χ3n) is 5.59. The topological polar surface area (TPSA) is 102 Å². The first-order valence-electron chi connectivity index (χ1n) is 10.8. The van der Waals surface area contributed by atoms with Gasteiger partial charge in [-0.15, -0.1) is 11.3 Å². The number of hydrogen-bond donors (Lipinski definition) is 1. The maximum atomic E-state index is 11.5. The van der Waals surface area contributed by atoms with Crippen LogP contribution in [0.5, 0.6) is 0 Å². The molecule has 0 aliphatic rings. The normalized spacial score (nSPS) is 12.3. The molecule has 0 atom stereocenters. The van der Waals surface area contributed by atoms with E-state index in [2.05, 4.69) is 9.98 Å². The first-order valence-corrected chi connectivity index (χ1v) is 11.6. The maximum absolute atomic E-state index is 11.5. The van der Waals surface area contributed by atoms with Gasteiger partial charge in [0, 0.05) is 39.5 Å². The van der Waals surface area contributed by atoms with E-state index in [0.717, 1.165) is 27.4 Å². The van der Waals surface area contributed by atoms with Gasteiger partial charge in [-0.3, -0.25) is 10.1 Å². The highest BCUT2D eigenvalue weighted by atomic mass is 32.1. The molecule has 0 unspecified atom stereocenters. The Morgan fingerprint density at radius 2 is 1.83 bits per heavy atom. The number of hydrogen-bond acceptors (Lipinski definition) is 6. The van der Waals surface area contributed by atoms with E-state index in [1.54, 1.807) is 29.1 Å². The Labute approximate surface area is 202 Å². The first-order chi connectivity index (χ1) is 17.2. The molecule has 0 saturated heterocycles. The molecule has 0 aliphatic carbocycles. The second-order valence-corrected chi connectivity index (χ2v) is 8.59. The van der Waals surface area contributed by atoms with Crippen molar-refractivity contribution in [2.45, 2.75) is 0 Å². The highest BCUT2D eigenvalue weighted by Crippen LogP contribution is 2.30. The smallest absolute Gasteiger partial charge is 0.294 e. The van der Waals surface area contributed by atoms with Crippen LogP contribution in [-0.4, -0.2) is 20.8 Å². The van der Waals surface area contributed by atoms with Crippen LogP contribution in [0.4, 0.5) is 11.4 Å². The van der Waals surface area contributed by atoms with E-state index in [-0.39, 0.29) is 11.4 Å². The molecular formula is C26H17N5O3S. The quantitative estimate of drug-likeness (QED) is 0.174. The molecule has 6 rings (SSSR count). The molecule has 1 N–H and O–H groups in total. The number of aromatic nitrogens is 2. The second-order valence-electron chi connectivity index (χ2n) is 7.76. The summed E-state index contributed by atoms with van der Waals surface area (Å²) in [5, 5.41) is 20.2. The van der Waals surface area contributed by atoms with Gasteiger partial charge in [0.15, 0.2) is 5.76 Å². The molecule has 3 aromatic carbocycles. The lowest BCUT2D eigenvalue weighted by Gasteiger charge is -2.01. The SMILES string of the molecule is O=[N+]([O-])c1ccccc1N=c1scc(-c2cc3ccccc3o2)n1N=Cc1c[nH]c2ccccc12. The Morgan fingerprint density at radius 1 is 1.03 bits per heavy atom. The number of nitro benzene ring substituents is 1. The number of rotatable bonds is 5. The van der Waals surface area contributed by atoms with Gasteiger partial charge in [0.25, 0.3) is 5.69 Å². The van der Waals surface area contributed by atoms with Gasteiger partial charge in [-0.25, -0.2) is 9.67 Å².